The highest BCUT2D eigenvalue weighted by molar-refractivity contribution is 9.10. The molecule has 0 aromatic carbocycles. The average Bonchev–Trinajstić information content (AvgIpc) is 2.06. The van der Waals surface area contributed by atoms with Gasteiger partial charge in [-0.25, -0.2) is 0 Å². The highest BCUT2D eigenvalue weighted by Crippen LogP contribution is 2.29. The zero-order valence-electron chi connectivity index (χ0n) is 7.52. The van der Waals surface area contributed by atoms with Gasteiger partial charge in [0.1, 0.15) is 0 Å². The Labute approximate surface area is 85.6 Å². The fourth-order valence-corrected chi connectivity index (χ4v) is 3.07. The van der Waals surface area contributed by atoms with Crippen LogP contribution in [0.5, 0.6) is 0 Å². The van der Waals surface area contributed by atoms with E-state index < -0.39 is 5.60 Å². The third-order valence-electron chi connectivity index (χ3n) is 1.47. The van der Waals surface area contributed by atoms with Gasteiger partial charge in [-0.3, -0.25) is 0 Å². The second kappa shape index (κ2) is 3.48. The molecule has 0 aliphatic heterocycles. The Morgan fingerprint density at radius 3 is 2.50 bits per heavy atom. The Bertz CT molecular complexity index is 273. The van der Waals surface area contributed by atoms with Crippen molar-refractivity contribution in [2.45, 2.75) is 32.8 Å². The van der Waals surface area contributed by atoms with Crippen molar-refractivity contribution in [3.05, 3.63) is 20.3 Å². The van der Waals surface area contributed by atoms with Crippen molar-refractivity contribution in [3.63, 3.8) is 0 Å². The van der Waals surface area contributed by atoms with E-state index in [9.17, 15) is 5.11 Å². The lowest BCUT2D eigenvalue weighted by Gasteiger charge is -2.15. The molecule has 0 saturated heterocycles. The van der Waals surface area contributed by atoms with Gasteiger partial charge < -0.3 is 5.11 Å². The van der Waals surface area contributed by atoms with E-state index >= 15 is 0 Å². The average molecular weight is 249 g/mol. The molecule has 68 valence electrons. The van der Waals surface area contributed by atoms with Crippen LogP contribution in [0.15, 0.2) is 10.5 Å². The van der Waals surface area contributed by atoms with Crippen LogP contribution >= 0.6 is 27.3 Å². The first-order valence-corrected chi connectivity index (χ1v) is 5.46. The summed E-state index contributed by atoms with van der Waals surface area (Å²) in [5, 5.41) is 9.59. The Hall–Kier alpha value is 0.140. The van der Waals surface area contributed by atoms with Gasteiger partial charge in [-0.05, 0) is 42.8 Å². The van der Waals surface area contributed by atoms with Crippen LogP contribution in [0.1, 0.15) is 23.6 Å². The largest absolute Gasteiger partial charge is 0.390 e. The minimum Gasteiger partial charge on any atom is -0.390 e. The Balaban J connectivity index is 2.82. The summed E-state index contributed by atoms with van der Waals surface area (Å²) in [6.07, 6.45) is 0.714. The van der Waals surface area contributed by atoms with Gasteiger partial charge >= 0.3 is 0 Å². The number of halogens is 1. The second-order valence-electron chi connectivity index (χ2n) is 3.62. The van der Waals surface area contributed by atoms with Gasteiger partial charge in [0.25, 0.3) is 0 Å². The number of aryl methyl sites for hydroxylation is 1. The molecule has 1 heterocycles. The molecule has 0 spiro atoms. The molecule has 1 aromatic rings. The molecule has 0 aliphatic rings. The summed E-state index contributed by atoms with van der Waals surface area (Å²) in [5.41, 5.74) is -0.611. The summed E-state index contributed by atoms with van der Waals surface area (Å²) in [6, 6.07) is 2.09. The number of hydrogen-bond acceptors (Lipinski definition) is 2. The van der Waals surface area contributed by atoms with Crippen LogP contribution in [0.3, 0.4) is 0 Å². The molecule has 0 bridgehead atoms. The first-order valence-electron chi connectivity index (χ1n) is 3.86. The van der Waals surface area contributed by atoms with Crippen molar-refractivity contribution in [2.24, 2.45) is 0 Å². The number of thiophene rings is 1. The van der Waals surface area contributed by atoms with E-state index in [0.29, 0.717) is 6.42 Å². The molecule has 1 N–H and O–H groups in total. The van der Waals surface area contributed by atoms with E-state index in [2.05, 4.69) is 28.9 Å². The minimum atomic E-state index is -0.611. The van der Waals surface area contributed by atoms with Crippen LogP contribution in [0, 0.1) is 6.92 Å². The molecular weight excluding hydrogens is 236 g/mol. The van der Waals surface area contributed by atoms with Crippen LogP contribution in [0.25, 0.3) is 0 Å². The molecule has 0 aliphatic carbocycles. The smallest absolute Gasteiger partial charge is 0.0640 e. The van der Waals surface area contributed by atoms with Crippen LogP contribution < -0.4 is 0 Å². The molecule has 0 amide bonds. The van der Waals surface area contributed by atoms with Crippen LogP contribution in [0.4, 0.5) is 0 Å². The zero-order valence-corrected chi connectivity index (χ0v) is 9.92. The van der Waals surface area contributed by atoms with E-state index in [0.717, 1.165) is 4.47 Å². The highest BCUT2D eigenvalue weighted by Gasteiger charge is 2.16. The van der Waals surface area contributed by atoms with Gasteiger partial charge in [-0.15, -0.1) is 11.3 Å². The summed E-state index contributed by atoms with van der Waals surface area (Å²) in [4.78, 5) is 2.50. The van der Waals surface area contributed by atoms with E-state index in [4.69, 9.17) is 0 Å². The molecule has 0 unspecified atom stereocenters. The van der Waals surface area contributed by atoms with Crippen LogP contribution in [0.2, 0.25) is 0 Å². The Morgan fingerprint density at radius 1 is 1.58 bits per heavy atom. The van der Waals surface area contributed by atoms with E-state index in [1.165, 1.54) is 9.75 Å². The maximum atomic E-state index is 9.59. The number of aliphatic hydroxyl groups is 1. The van der Waals surface area contributed by atoms with Crippen molar-refractivity contribution in [2.75, 3.05) is 0 Å². The normalized spacial score (nSPS) is 12.1. The fourth-order valence-electron chi connectivity index (χ4n) is 1.04. The van der Waals surface area contributed by atoms with Crippen molar-refractivity contribution in [3.8, 4) is 0 Å². The topological polar surface area (TPSA) is 20.2 Å². The molecule has 12 heavy (non-hydrogen) atoms. The van der Waals surface area contributed by atoms with Gasteiger partial charge in [0.2, 0.25) is 0 Å². The first-order chi connectivity index (χ1) is 5.38. The van der Waals surface area contributed by atoms with E-state index in [1.54, 1.807) is 11.3 Å². The van der Waals surface area contributed by atoms with Gasteiger partial charge in [0, 0.05) is 20.6 Å². The quantitative estimate of drug-likeness (QED) is 0.853. The molecule has 0 radical (unpaired) electrons. The van der Waals surface area contributed by atoms with Crippen molar-refractivity contribution < 1.29 is 5.11 Å². The summed E-state index contributed by atoms with van der Waals surface area (Å²) in [5.74, 6) is 0. The lowest BCUT2D eigenvalue weighted by molar-refractivity contribution is 0.0817. The fraction of sp³-hybridized carbons (Fsp3) is 0.556. The zero-order chi connectivity index (χ0) is 9.35. The number of hydrogen-bond donors (Lipinski definition) is 1. The lowest BCUT2D eigenvalue weighted by Crippen LogP contribution is -2.21. The van der Waals surface area contributed by atoms with Gasteiger partial charge in [-0.1, -0.05) is 0 Å². The minimum absolute atomic E-state index is 0.611. The molecular formula is C9H13BrOS. The molecule has 1 nitrogen and oxygen atoms in total. The van der Waals surface area contributed by atoms with Crippen molar-refractivity contribution in [1.82, 2.24) is 0 Å². The molecule has 1 rings (SSSR count). The molecule has 0 atom stereocenters. The molecule has 1 aromatic heterocycles. The maximum Gasteiger partial charge on any atom is 0.0640 e. The molecule has 0 fully saturated rings. The third-order valence-corrected chi connectivity index (χ3v) is 3.49. The van der Waals surface area contributed by atoms with Crippen LogP contribution in [-0.4, -0.2) is 10.7 Å². The summed E-state index contributed by atoms with van der Waals surface area (Å²) in [7, 11) is 0. The predicted octanol–water partition coefficient (Wildman–Crippen LogP) is 3.13. The monoisotopic (exact) mass is 248 g/mol. The standard InChI is InChI=1S/C9H13BrOS/c1-6-4-7(10)8(12-6)5-9(2,3)11/h4,11H,5H2,1-3H3. The molecule has 3 heteroatoms. The second-order valence-corrected chi connectivity index (χ2v) is 5.81. The first kappa shape index (κ1) is 10.2. The van der Waals surface area contributed by atoms with Gasteiger partial charge in [0.05, 0.1) is 5.60 Å². The van der Waals surface area contributed by atoms with Crippen molar-refractivity contribution >= 4 is 27.3 Å². The SMILES string of the molecule is Cc1cc(Br)c(CC(C)(C)O)s1. The van der Waals surface area contributed by atoms with Gasteiger partial charge in [-0.2, -0.15) is 0 Å². The Kier molecular flexibility index (Phi) is 2.97. The van der Waals surface area contributed by atoms with Gasteiger partial charge in [0.15, 0.2) is 0 Å². The maximum absolute atomic E-state index is 9.59. The Morgan fingerprint density at radius 2 is 2.17 bits per heavy atom. The van der Waals surface area contributed by atoms with Crippen molar-refractivity contribution in [1.29, 1.82) is 0 Å². The summed E-state index contributed by atoms with van der Waals surface area (Å²) < 4.78 is 1.12. The van der Waals surface area contributed by atoms with Crippen LogP contribution in [-0.2, 0) is 6.42 Å². The predicted molar refractivity (Wildman–Crippen MR) is 56.8 cm³/mol. The number of rotatable bonds is 2. The summed E-state index contributed by atoms with van der Waals surface area (Å²) in [6.45, 7) is 5.73. The molecule has 0 saturated carbocycles. The third kappa shape index (κ3) is 2.88. The summed E-state index contributed by atoms with van der Waals surface area (Å²) >= 11 is 5.20. The van der Waals surface area contributed by atoms with E-state index in [1.807, 2.05) is 13.8 Å². The van der Waals surface area contributed by atoms with E-state index in [-0.39, 0.29) is 0 Å². The lowest BCUT2D eigenvalue weighted by atomic mass is 10.1. The highest BCUT2D eigenvalue weighted by atomic mass is 79.9.